The molecule has 5 atom stereocenters. The van der Waals surface area contributed by atoms with E-state index >= 15 is 0 Å². The summed E-state index contributed by atoms with van der Waals surface area (Å²) in [6.45, 7) is 3.66. The number of nitrogens with one attached hydrogen (secondary N) is 1. The molecule has 2 bridgehead atoms. The van der Waals surface area contributed by atoms with Crippen LogP contribution in [-0.4, -0.2) is 36.2 Å². The third kappa shape index (κ3) is 2.38. The highest BCUT2D eigenvalue weighted by Crippen LogP contribution is 2.47. The lowest BCUT2D eigenvalue weighted by atomic mass is 9.82. The van der Waals surface area contributed by atoms with Gasteiger partial charge in [0, 0.05) is 29.9 Å². The Kier molecular flexibility index (Phi) is 3.54. The lowest BCUT2D eigenvalue weighted by molar-refractivity contribution is 0.0737. The van der Waals surface area contributed by atoms with Gasteiger partial charge in [-0.1, -0.05) is 23.7 Å². The summed E-state index contributed by atoms with van der Waals surface area (Å²) in [4.78, 5) is 14.5. The van der Waals surface area contributed by atoms with E-state index in [0.717, 1.165) is 18.7 Å². The molecule has 3 aliphatic heterocycles. The Labute approximate surface area is 135 Å². The Balaban J connectivity index is 1.39. The van der Waals surface area contributed by atoms with Crippen molar-refractivity contribution in [3.05, 3.63) is 34.9 Å². The molecule has 5 unspecified atom stereocenters. The molecule has 0 aromatic heterocycles. The van der Waals surface area contributed by atoms with E-state index in [1.807, 2.05) is 36.1 Å². The van der Waals surface area contributed by atoms with Crippen LogP contribution in [0.1, 0.15) is 31.4 Å². The fourth-order valence-corrected chi connectivity index (χ4v) is 4.46. The van der Waals surface area contributed by atoms with Gasteiger partial charge in [0.25, 0.3) is 0 Å². The largest absolute Gasteiger partial charge is 0.374 e. The van der Waals surface area contributed by atoms with Crippen LogP contribution in [0.25, 0.3) is 0 Å². The van der Waals surface area contributed by atoms with Crippen LogP contribution in [0.3, 0.4) is 0 Å². The van der Waals surface area contributed by atoms with Gasteiger partial charge in [0.05, 0.1) is 18.2 Å². The Hall–Kier alpha value is -1.26. The van der Waals surface area contributed by atoms with Crippen molar-refractivity contribution in [2.45, 2.75) is 38.0 Å². The molecule has 22 heavy (non-hydrogen) atoms. The zero-order valence-electron chi connectivity index (χ0n) is 12.7. The number of likely N-dealkylation sites (tertiary alicyclic amines) is 1. The fourth-order valence-electron chi connectivity index (χ4n) is 4.26. The lowest BCUT2D eigenvalue weighted by Crippen LogP contribution is -2.40. The smallest absolute Gasteiger partial charge is 0.317 e. The summed E-state index contributed by atoms with van der Waals surface area (Å²) in [6, 6.07) is 7.64. The standard InChI is InChI=1S/C17H21ClN2O2/c1-10(11-3-2-4-12(18)7-11)19-17(21)20-8-13-14(9-20)16-6-5-15(13)22-16/h2-4,7,10,13-16H,5-6,8-9H2,1H3,(H,19,21). The highest BCUT2D eigenvalue weighted by Gasteiger charge is 2.53. The molecule has 0 radical (unpaired) electrons. The van der Waals surface area contributed by atoms with Crippen molar-refractivity contribution in [1.82, 2.24) is 10.2 Å². The minimum Gasteiger partial charge on any atom is -0.374 e. The first kappa shape index (κ1) is 14.3. The van der Waals surface area contributed by atoms with E-state index in [1.165, 1.54) is 12.8 Å². The maximum Gasteiger partial charge on any atom is 0.317 e. The molecule has 3 fully saturated rings. The summed E-state index contributed by atoms with van der Waals surface area (Å²) in [5, 5.41) is 3.79. The molecular formula is C17H21ClN2O2. The second kappa shape index (κ2) is 5.43. The van der Waals surface area contributed by atoms with E-state index in [4.69, 9.17) is 16.3 Å². The molecule has 1 aromatic rings. The molecule has 1 N–H and O–H groups in total. The maximum absolute atomic E-state index is 12.5. The maximum atomic E-state index is 12.5. The van der Waals surface area contributed by atoms with Gasteiger partial charge < -0.3 is 15.0 Å². The number of ether oxygens (including phenoxy) is 1. The number of hydrogen-bond acceptors (Lipinski definition) is 2. The van der Waals surface area contributed by atoms with E-state index in [1.54, 1.807) is 0 Å². The molecule has 2 amide bonds. The lowest BCUT2D eigenvalue weighted by Gasteiger charge is -2.22. The van der Waals surface area contributed by atoms with Crippen molar-refractivity contribution in [3.8, 4) is 0 Å². The zero-order valence-corrected chi connectivity index (χ0v) is 13.4. The summed E-state index contributed by atoms with van der Waals surface area (Å²) in [7, 11) is 0. The first-order chi connectivity index (χ1) is 10.6. The van der Waals surface area contributed by atoms with Gasteiger partial charge in [-0.2, -0.15) is 0 Å². The number of halogens is 1. The quantitative estimate of drug-likeness (QED) is 0.909. The second-order valence-electron chi connectivity index (χ2n) is 6.75. The summed E-state index contributed by atoms with van der Waals surface area (Å²) in [5.41, 5.74) is 1.03. The Morgan fingerprint density at radius 3 is 2.64 bits per heavy atom. The van der Waals surface area contributed by atoms with Gasteiger partial charge in [-0.3, -0.25) is 0 Å². The number of fused-ring (bicyclic) bond motifs is 5. The summed E-state index contributed by atoms with van der Waals surface area (Å²) < 4.78 is 5.96. The molecule has 3 heterocycles. The number of hydrogen-bond donors (Lipinski definition) is 1. The van der Waals surface area contributed by atoms with E-state index in [9.17, 15) is 4.79 Å². The first-order valence-corrected chi connectivity index (χ1v) is 8.46. The predicted molar refractivity (Wildman–Crippen MR) is 84.8 cm³/mol. The number of benzene rings is 1. The van der Waals surface area contributed by atoms with Gasteiger partial charge in [-0.15, -0.1) is 0 Å². The van der Waals surface area contributed by atoms with Crippen LogP contribution in [0.5, 0.6) is 0 Å². The van der Waals surface area contributed by atoms with Crippen molar-refractivity contribution in [2.75, 3.05) is 13.1 Å². The van der Waals surface area contributed by atoms with Gasteiger partial charge in [-0.25, -0.2) is 4.79 Å². The zero-order chi connectivity index (χ0) is 15.3. The Morgan fingerprint density at radius 1 is 1.32 bits per heavy atom. The molecule has 1 aromatic carbocycles. The van der Waals surface area contributed by atoms with Crippen LogP contribution in [0.15, 0.2) is 24.3 Å². The van der Waals surface area contributed by atoms with Crippen LogP contribution in [0, 0.1) is 11.8 Å². The predicted octanol–water partition coefficient (Wildman–Crippen LogP) is 3.22. The van der Waals surface area contributed by atoms with Crippen molar-refractivity contribution in [3.63, 3.8) is 0 Å². The van der Waals surface area contributed by atoms with Gasteiger partial charge in [0.2, 0.25) is 0 Å². The minimum atomic E-state index is -0.0420. The topological polar surface area (TPSA) is 41.6 Å². The van der Waals surface area contributed by atoms with Crippen molar-refractivity contribution < 1.29 is 9.53 Å². The molecule has 0 aliphatic carbocycles. The molecule has 0 saturated carbocycles. The summed E-state index contributed by atoms with van der Waals surface area (Å²) in [5.74, 6) is 1.09. The highest BCUT2D eigenvalue weighted by molar-refractivity contribution is 6.30. The van der Waals surface area contributed by atoms with Gasteiger partial charge >= 0.3 is 6.03 Å². The third-order valence-corrected chi connectivity index (χ3v) is 5.66. The molecule has 5 heteroatoms. The van der Waals surface area contributed by atoms with Gasteiger partial charge in [-0.05, 0) is 37.5 Å². The minimum absolute atomic E-state index is 0.0290. The van der Waals surface area contributed by atoms with E-state index in [2.05, 4.69) is 5.32 Å². The van der Waals surface area contributed by atoms with Crippen LogP contribution in [0.2, 0.25) is 5.02 Å². The normalized spacial score (nSPS) is 33.8. The van der Waals surface area contributed by atoms with Gasteiger partial charge in [0.15, 0.2) is 0 Å². The van der Waals surface area contributed by atoms with Crippen LogP contribution >= 0.6 is 11.6 Å². The number of urea groups is 1. The third-order valence-electron chi connectivity index (χ3n) is 5.43. The SMILES string of the molecule is CC(NC(=O)N1CC2C3CCC(O3)C2C1)c1cccc(Cl)c1. The monoisotopic (exact) mass is 320 g/mol. The molecule has 3 saturated heterocycles. The van der Waals surface area contributed by atoms with Crippen molar-refractivity contribution >= 4 is 17.6 Å². The van der Waals surface area contributed by atoms with E-state index in [-0.39, 0.29) is 12.1 Å². The van der Waals surface area contributed by atoms with Crippen molar-refractivity contribution in [1.29, 1.82) is 0 Å². The van der Waals surface area contributed by atoms with E-state index in [0.29, 0.717) is 29.1 Å². The van der Waals surface area contributed by atoms with Crippen molar-refractivity contribution in [2.24, 2.45) is 11.8 Å². The number of nitrogens with zero attached hydrogens (tertiary/aromatic N) is 1. The summed E-state index contributed by atoms with van der Waals surface area (Å²) >= 11 is 6.02. The number of carbonyl (C=O) groups excluding carboxylic acids is 1. The number of amides is 2. The van der Waals surface area contributed by atoms with Gasteiger partial charge in [0.1, 0.15) is 0 Å². The van der Waals surface area contributed by atoms with E-state index < -0.39 is 0 Å². The molecule has 118 valence electrons. The molecule has 0 spiro atoms. The molecule has 4 rings (SSSR count). The average molecular weight is 321 g/mol. The Morgan fingerprint density at radius 2 is 2.00 bits per heavy atom. The molecular weight excluding hydrogens is 300 g/mol. The van der Waals surface area contributed by atoms with Crippen LogP contribution < -0.4 is 5.32 Å². The Bertz CT molecular complexity index is 576. The van der Waals surface area contributed by atoms with Crippen LogP contribution in [-0.2, 0) is 4.74 Å². The summed E-state index contributed by atoms with van der Waals surface area (Å²) in [6.07, 6.45) is 3.11. The average Bonchev–Trinajstić information content (AvgIpc) is 3.19. The fraction of sp³-hybridized carbons (Fsp3) is 0.588. The number of carbonyl (C=O) groups is 1. The molecule has 4 nitrogen and oxygen atoms in total. The first-order valence-electron chi connectivity index (χ1n) is 8.08. The van der Waals surface area contributed by atoms with Crippen LogP contribution in [0.4, 0.5) is 4.79 Å². The molecule has 3 aliphatic rings. The number of rotatable bonds is 2. The second-order valence-corrected chi connectivity index (χ2v) is 7.19. The highest BCUT2D eigenvalue weighted by atomic mass is 35.5.